The predicted octanol–water partition coefficient (Wildman–Crippen LogP) is 3.11. The molecule has 7 nitrogen and oxygen atoms in total. The number of fused-ring (bicyclic) bond motifs is 1. The van der Waals surface area contributed by atoms with Crippen LogP contribution in [0.4, 0.5) is 0 Å². The van der Waals surface area contributed by atoms with Crippen LogP contribution in [0.1, 0.15) is 21.5 Å². The quantitative estimate of drug-likeness (QED) is 0.670. The number of hydrogen-bond donors (Lipinski definition) is 0. The number of amides is 1. The van der Waals surface area contributed by atoms with Gasteiger partial charge in [-0.15, -0.1) is 0 Å². The maximum Gasteiger partial charge on any atom is 0.342 e. The number of esters is 1. The largest absolute Gasteiger partial charge is 0.496 e. The highest BCUT2D eigenvalue weighted by Crippen LogP contribution is 2.33. The van der Waals surface area contributed by atoms with Crippen LogP contribution in [0.3, 0.4) is 0 Å². The minimum Gasteiger partial charge on any atom is -0.496 e. The molecule has 0 unspecified atom stereocenters. The summed E-state index contributed by atoms with van der Waals surface area (Å²) in [4.78, 5) is 26.6. The van der Waals surface area contributed by atoms with Gasteiger partial charge in [0.05, 0.1) is 21.3 Å². The summed E-state index contributed by atoms with van der Waals surface area (Å²) in [5, 5.41) is 0.376. The zero-order chi connectivity index (χ0) is 21.0. The van der Waals surface area contributed by atoms with Crippen LogP contribution in [0.2, 0.25) is 5.02 Å². The predicted molar refractivity (Wildman–Crippen MR) is 107 cm³/mol. The number of carbonyl (C=O) groups is 2. The molecule has 0 bridgehead atoms. The molecule has 0 fully saturated rings. The minimum atomic E-state index is -0.665. The highest BCUT2D eigenvalue weighted by Gasteiger charge is 2.24. The van der Waals surface area contributed by atoms with Gasteiger partial charge in [0.2, 0.25) is 0 Å². The molecule has 1 aliphatic rings. The number of nitrogens with zero attached hydrogens (tertiary/aromatic N) is 1. The zero-order valence-corrected chi connectivity index (χ0v) is 17.2. The molecule has 0 spiro atoms. The van der Waals surface area contributed by atoms with E-state index in [1.807, 2.05) is 12.1 Å². The smallest absolute Gasteiger partial charge is 0.342 e. The third-order valence-corrected chi connectivity index (χ3v) is 5.01. The van der Waals surface area contributed by atoms with Crippen molar-refractivity contribution in [2.24, 2.45) is 0 Å². The maximum absolute atomic E-state index is 12.6. The van der Waals surface area contributed by atoms with E-state index in [1.165, 1.54) is 13.2 Å². The van der Waals surface area contributed by atoms with Gasteiger partial charge in [0.1, 0.15) is 11.3 Å². The van der Waals surface area contributed by atoms with Crippen molar-refractivity contribution >= 4 is 23.5 Å². The molecule has 154 valence electrons. The molecule has 0 aromatic heterocycles. The Labute approximate surface area is 174 Å². The highest BCUT2D eigenvalue weighted by molar-refractivity contribution is 6.31. The van der Waals surface area contributed by atoms with Crippen LogP contribution in [0.25, 0.3) is 0 Å². The van der Waals surface area contributed by atoms with Gasteiger partial charge in [-0.2, -0.15) is 0 Å². The SMILES string of the molecule is COc1cc2c(cc1OC)CN(C(=O)COC(=O)c1cc(Cl)ccc1OC)CC2. The van der Waals surface area contributed by atoms with Crippen molar-refractivity contribution in [1.82, 2.24) is 4.90 Å². The third-order valence-electron chi connectivity index (χ3n) is 4.78. The van der Waals surface area contributed by atoms with E-state index in [1.54, 1.807) is 31.3 Å². The summed E-state index contributed by atoms with van der Waals surface area (Å²) >= 11 is 5.94. The topological polar surface area (TPSA) is 74.3 Å². The van der Waals surface area contributed by atoms with Crippen LogP contribution in [0, 0.1) is 0 Å². The lowest BCUT2D eigenvalue weighted by Crippen LogP contribution is -2.38. The Bertz CT molecular complexity index is 930. The first kappa shape index (κ1) is 20.8. The summed E-state index contributed by atoms with van der Waals surface area (Å²) in [5.41, 5.74) is 2.26. The van der Waals surface area contributed by atoms with Crippen molar-refractivity contribution in [3.8, 4) is 17.2 Å². The molecule has 3 rings (SSSR count). The Hall–Kier alpha value is -2.93. The molecule has 0 saturated carbocycles. The second-order valence-electron chi connectivity index (χ2n) is 6.46. The molecule has 29 heavy (non-hydrogen) atoms. The molecule has 0 N–H and O–H groups in total. The Morgan fingerprint density at radius 2 is 1.62 bits per heavy atom. The third kappa shape index (κ3) is 4.56. The minimum absolute atomic E-state index is 0.175. The Morgan fingerprint density at radius 1 is 0.966 bits per heavy atom. The van der Waals surface area contributed by atoms with E-state index < -0.39 is 5.97 Å². The van der Waals surface area contributed by atoms with Gasteiger partial charge in [-0.1, -0.05) is 11.6 Å². The molecule has 0 saturated heterocycles. The monoisotopic (exact) mass is 419 g/mol. The first-order valence-electron chi connectivity index (χ1n) is 8.99. The summed E-state index contributed by atoms with van der Waals surface area (Å²) in [6, 6.07) is 8.43. The fraction of sp³-hybridized carbons (Fsp3) is 0.333. The molecular weight excluding hydrogens is 398 g/mol. The van der Waals surface area contributed by atoms with E-state index in [4.69, 9.17) is 30.5 Å². The zero-order valence-electron chi connectivity index (χ0n) is 16.5. The molecule has 2 aromatic rings. The molecular formula is C21H22ClNO6. The number of ether oxygens (including phenoxy) is 4. The molecule has 1 heterocycles. The van der Waals surface area contributed by atoms with Crippen molar-refractivity contribution < 1.29 is 28.5 Å². The normalized spacial score (nSPS) is 12.8. The van der Waals surface area contributed by atoms with Gasteiger partial charge < -0.3 is 23.8 Å². The van der Waals surface area contributed by atoms with Crippen molar-refractivity contribution in [3.63, 3.8) is 0 Å². The summed E-state index contributed by atoms with van der Waals surface area (Å²) in [7, 11) is 4.60. The highest BCUT2D eigenvalue weighted by atomic mass is 35.5. The van der Waals surface area contributed by atoms with E-state index >= 15 is 0 Å². The van der Waals surface area contributed by atoms with Gasteiger partial charge in [0.15, 0.2) is 18.1 Å². The fourth-order valence-corrected chi connectivity index (χ4v) is 3.40. The average molecular weight is 420 g/mol. The summed E-state index contributed by atoms with van der Waals surface area (Å²) in [5.74, 6) is 0.663. The van der Waals surface area contributed by atoms with Crippen LogP contribution in [0.15, 0.2) is 30.3 Å². The lowest BCUT2D eigenvalue weighted by atomic mass is 9.99. The summed E-state index contributed by atoms with van der Waals surface area (Å²) in [6.45, 7) is 0.572. The van der Waals surface area contributed by atoms with E-state index in [2.05, 4.69) is 0 Å². The van der Waals surface area contributed by atoms with Crippen molar-refractivity contribution in [2.45, 2.75) is 13.0 Å². The van der Waals surface area contributed by atoms with Crippen LogP contribution >= 0.6 is 11.6 Å². The van der Waals surface area contributed by atoms with Crippen LogP contribution < -0.4 is 14.2 Å². The molecule has 1 aliphatic heterocycles. The van der Waals surface area contributed by atoms with E-state index in [0.717, 1.165) is 11.1 Å². The molecule has 2 aromatic carbocycles. The van der Waals surface area contributed by atoms with Gasteiger partial charge in [-0.3, -0.25) is 4.79 Å². The Morgan fingerprint density at radius 3 is 2.28 bits per heavy atom. The molecule has 0 atom stereocenters. The van der Waals surface area contributed by atoms with E-state index in [9.17, 15) is 9.59 Å². The first-order valence-corrected chi connectivity index (χ1v) is 9.36. The number of halogens is 1. The van der Waals surface area contributed by atoms with Crippen LogP contribution in [0.5, 0.6) is 17.2 Å². The van der Waals surface area contributed by atoms with Crippen LogP contribution in [-0.2, 0) is 22.5 Å². The number of methoxy groups -OCH3 is 3. The van der Waals surface area contributed by atoms with Gasteiger partial charge >= 0.3 is 5.97 Å². The van der Waals surface area contributed by atoms with E-state index in [0.29, 0.717) is 41.8 Å². The van der Waals surface area contributed by atoms with Gasteiger partial charge in [-0.05, 0) is 47.9 Å². The van der Waals surface area contributed by atoms with Crippen molar-refractivity contribution in [3.05, 3.63) is 52.0 Å². The number of carbonyl (C=O) groups excluding carboxylic acids is 2. The number of benzene rings is 2. The summed E-state index contributed by atoms with van der Waals surface area (Å²) < 4.78 is 21.0. The lowest BCUT2D eigenvalue weighted by Gasteiger charge is -2.29. The van der Waals surface area contributed by atoms with E-state index in [-0.39, 0.29) is 18.1 Å². The van der Waals surface area contributed by atoms with Crippen LogP contribution in [-0.4, -0.2) is 51.3 Å². The molecule has 0 radical (unpaired) electrons. The Balaban J connectivity index is 1.65. The lowest BCUT2D eigenvalue weighted by molar-refractivity contribution is -0.135. The number of hydrogen-bond acceptors (Lipinski definition) is 6. The van der Waals surface area contributed by atoms with Gasteiger partial charge in [0, 0.05) is 18.1 Å². The maximum atomic E-state index is 12.6. The Kier molecular flexibility index (Phi) is 6.49. The van der Waals surface area contributed by atoms with Crippen molar-refractivity contribution in [2.75, 3.05) is 34.5 Å². The number of rotatable bonds is 6. The summed E-state index contributed by atoms with van der Waals surface area (Å²) in [6.07, 6.45) is 0.678. The fourth-order valence-electron chi connectivity index (χ4n) is 3.23. The standard InChI is InChI=1S/C21H22ClNO6/c1-26-17-5-4-15(22)10-16(17)21(25)29-12-20(24)23-7-6-13-8-18(27-2)19(28-3)9-14(13)11-23/h4-5,8-10H,6-7,11-12H2,1-3H3. The first-order chi connectivity index (χ1) is 14.0. The molecule has 1 amide bonds. The second-order valence-corrected chi connectivity index (χ2v) is 6.90. The van der Waals surface area contributed by atoms with Gasteiger partial charge in [0.25, 0.3) is 5.91 Å². The second kappa shape index (κ2) is 9.05. The van der Waals surface area contributed by atoms with Crippen molar-refractivity contribution in [1.29, 1.82) is 0 Å². The molecule has 0 aliphatic carbocycles. The van der Waals surface area contributed by atoms with Gasteiger partial charge in [-0.25, -0.2) is 4.79 Å². The average Bonchev–Trinajstić information content (AvgIpc) is 2.75. The molecule has 8 heteroatoms.